The molecule has 1 atom stereocenters. The van der Waals surface area contributed by atoms with Crippen molar-refractivity contribution in [3.05, 3.63) is 34.9 Å². The summed E-state index contributed by atoms with van der Waals surface area (Å²) >= 11 is 5.65. The fraction of sp³-hybridized carbons (Fsp3) is 0.533. The number of rotatable bonds is 5. The normalized spacial score (nSPS) is 15.2. The van der Waals surface area contributed by atoms with Crippen molar-refractivity contribution >= 4 is 17.5 Å². The molecule has 2 rings (SSSR count). The lowest BCUT2D eigenvalue weighted by Gasteiger charge is -2.13. The van der Waals surface area contributed by atoms with Crippen LogP contribution in [0.2, 0.25) is 0 Å². The Hall–Kier alpha value is -1.02. The molecule has 3 heteroatoms. The van der Waals surface area contributed by atoms with E-state index in [9.17, 15) is 4.79 Å². The quantitative estimate of drug-likeness (QED) is 0.813. The van der Waals surface area contributed by atoms with Crippen molar-refractivity contribution in [1.82, 2.24) is 5.32 Å². The predicted molar refractivity (Wildman–Crippen MR) is 75.3 cm³/mol. The van der Waals surface area contributed by atoms with E-state index in [1.807, 2.05) is 19.1 Å². The van der Waals surface area contributed by atoms with Crippen molar-refractivity contribution in [2.24, 2.45) is 0 Å². The molecule has 1 N–H and O–H groups in total. The van der Waals surface area contributed by atoms with Gasteiger partial charge in [0, 0.05) is 17.5 Å². The summed E-state index contributed by atoms with van der Waals surface area (Å²) in [6.07, 6.45) is 5.35. The number of carbonyl (C=O) groups excluding carboxylic acids is 1. The molecule has 0 radical (unpaired) electrons. The summed E-state index contributed by atoms with van der Waals surface area (Å²) in [4.78, 5) is 12.1. The van der Waals surface area contributed by atoms with Crippen LogP contribution in [0.4, 0.5) is 0 Å². The Balaban J connectivity index is 1.96. The number of halogens is 1. The molecule has 2 nitrogen and oxygen atoms in total. The van der Waals surface area contributed by atoms with Gasteiger partial charge in [-0.05, 0) is 62.3 Å². The summed E-state index contributed by atoms with van der Waals surface area (Å²) in [6, 6.07) is 6.27. The van der Waals surface area contributed by atoms with E-state index >= 15 is 0 Å². The first-order chi connectivity index (χ1) is 8.70. The zero-order valence-corrected chi connectivity index (χ0v) is 11.6. The number of nitrogens with one attached hydrogen (secondary N) is 1. The van der Waals surface area contributed by atoms with Gasteiger partial charge in [-0.15, -0.1) is 11.6 Å². The SMILES string of the molecule is CC(CCCCl)NC(=O)c1ccc2c(c1)CCC2. The Labute approximate surface area is 114 Å². The Bertz CT molecular complexity index is 431. The molecule has 0 fully saturated rings. The molecule has 0 aliphatic heterocycles. The van der Waals surface area contributed by atoms with E-state index in [2.05, 4.69) is 11.4 Å². The summed E-state index contributed by atoms with van der Waals surface area (Å²) in [7, 11) is 0. The van der Waals surface area contributed by atoms with Gasteiger partial charge in [-0.1, -0.05) is 6.07 Å². The summed E-state index contributed by atoms with van der Waals surface area (Å²) in [6.45, 7) is 2.03. The molecule has 1 amide bonds. The van der Waals surface area contributed by atoms with Crippen molar-refractivity contribution in [2.45, 2.75) is 45.1 Å². The first-order valence-corrected chi connectivity index (χ1v) is 7.23. The highest BCUT2D eigenvalue weighted by Gasteiger charge is 2.14. The third kappa shape index (κ3) is 3.26. The molecule has 0 bridgehead atoms. The van der Waals surface area contributed by atoms with Gasteiger partial charge in [0.25, 0.3) is 5.91 Å². The van der Waals surface area contributed by atoms with E-state index in [0.29, 0.717) is 5.88 Å². The van der Waals surface area contributed by atoms with Crippen molar-refractivity contribution in [1.29, 1.82) is 0 Å². The molecule has 1 aliphatic carbocycles. The molecule has 0 heterocycles. The highest BCUT2D eigenvalue weighted by Crippen LogP contribution is 2.22. The van der Waals surface area contributed by atoms with Crippen LogP contribution in [0.25, 0.3) is 0 Å². The Morgan fingerprint density at radius 3 is 2.94 bits per heavy atom. The van der Waals surface area contributed by atoms with Crippen LogP contribution in [0.1, 0.15) is 47.7 Å². The fourth-order valence-corrected chi connectivity index (χ4v) is 2.63. The van der Waals surface area contributed by atoms with Gasteiger partial charge < -0.3 is 5.32 Å². The van der Waals surface area contributed by atoms with Crippen LogP contribution in [0.15, 0.2) is 18.2 Å². The maximum absolute atomic E-state index is 12.1. The van der Waals surface area contributed by atoms with Gasteiger partial charge in [0.2, 0.25) is 0 Å². The Morgan fingerprint density at radius 1 is 1.39 bits per heavy atom. The van der Waals surface area contributed by atoms with Gasteiger partial charge in [-0.25, -0.2) is 0 Å². The van der Waals surface area contributed by atoms with Gasteiger partial charge in [0.05, 0.1) is 0 Å². The van der Waals surface area contributed by atoms with E-state index in [4.69, 9.17) is 11.6 Å². The lowest BCUT2D eigenvalue weighted by atomic mass is 10.1. The zero-order valence-electron chi connectivity index (χ0n) is 10.8. The second kappa shape index (κ2) is 6.24. The number of hydrogen-bond acceptors (Lipinski definition) is 1. The second-order valence-electron chi connectivity index (χ2n) is 5.04. The summed E-state index contributed by atoms with van der Waals surface area (Å²) in [5, 5.41) is 3.02. The minimum atomic E-state index is 0.0340. The number of benzene rings is 1. The van der Waals surface area contributed by atoms with Gasteiger partial charge in [-0.2, -0.15) is 0 Å². The summed E-state index contributed by atoms with van der Waals surface area (Å²) in [5.74, 6) is 0.686. The topological polar surface area (TPSA) is 29.1 Å². The van der Waals surface area contributed by atoms with E-state index in [1.54, 1.807) is 0 Å². The minimum absolute atomic E-state index is 0.0340. The highest BCUT2D eigenvalue weighted by molar-refractivity contribution is 6.17. The maximum atomic E-state index is 12.1. The molecule has 1 unspecified atom stereocenters. The van der Waals surface area contributed by atoms with Crippen molar-refractivity contribution in [3.63, 3.8) is 0 Å². The van der Waals surface area contributed by atoms with E-state index in [0.717, 1.165) is 31.2 Å². The average Bonchev–Trinajstić information content (AvgIpc) is 2.83. The predicted octanol–water partition coefficient (Wildman–Crippen LogP) is 3.31. The third-order valence-electron chi connectivity index (χ3n) is 3.51. The zero-order chi connectivity index (χ0) is 13.0. The second-order valence-corrected chi connectivity index (χ2v) is 5.42. The summed E-state index contributed by atoms with van der Waals surface area (Å²) in [5.41, 5.74) is 3.53. The number of alkyl halides is 1. The summed E-state index contributed by atoms with van der Waals surface area (Å²) < 4.78 is 0. The first-order valence-electron chi connectivity index (χ1n) is 6.69. The number of hydrogen-bond donors (Lipinski definition) is 1. The molecule has 1 aromatic carbocycles. The van der Waals surface area contributed by atoms with Gasteiger partial charge in [0.1, 0.15) is 0 Å². The molecule has 0 saturated heterocycles. The fourth-order valence-electron chi connectivity index (χ4n) is 2.48. The van der Waals surface area contributed by atoms with E-state index < -0.39 is 0 Å². The first kappa shape index (κ1) is 13.4. The largest absolute Gasteiger partial charge is 0.350 e. The third-order valence-corrected chi connectivity index (χ3v) is 3.78. The van der Waals surface area contributed by atoms with Gasteiger partial charge in [-0.3, -0.25) is 4.79 Å². The Kier molecular flexibility index (Phi) is 4.65. The van der Waals surface area contributed by atoms with Crippen molar-refractivity contribution < 1.29 is 4.79 Å². The van der Waals surface area contributed by atoms with E-state index in [1.165, 1.54) is 17.5 Å². The molecule has 98 valence electrons. The van der Waals surface area contributed by atoms with E-state index in [-0.39, 0.29) is 11.9 Å². The lowest BCUT2D eigenvalue weighted by Crippen LogP contribution is -2.32. The number of fused-ring (bicyclic) bond motifs is 1. The van der Waals surface area contributed by atoms with Crippen molar-refractivity contribution in [3.8, 4) is 0 Å². The van der Waals surface area contributed by atoms with Crippen LogP contribution in [0.5, 0.6) is 0 Å². The molecule has 0 aromatic heterocycles. The molecular formula is C15H20ClNO. The van der Waals surface area contributed by atoms with Crippen LogP contribution in [0.3, 0.4) is 0 Å². The van der Waals surface area contributed by atoms with Crippen LogP contribution >= 0.6 is 11.6 Å². The van der Waals surface area contributed by atoms with Gasteiger partial charge in [0.15, 0.2) is 0 Å². The van der Waals surface area contributed by atoms with Crippen molar-refractivity contribution in [2.75, 3.05) is 5.88 Å². The van der Waals surface area contributed by atoms with Crippen LogP contribution < -0.4 is 5.32 Å². The van der Waals surface area contributed by atoms with Crippen LogP contribution in [-0.2, 0) is 12.8 Å². The minimum Gasteiger partial charge on any atom is -0.350 e. The highest BCUT2D eigenvalue weighted by atomic mass is 35.5. The number of aryl methyl sites for hydroxylation is 2. The lowest BCUT2D eigenvalue weighted by molar-refractivity contribution is 0.0938. The molecular weight excluding hydrogens is 246 g/mol. The molecule has 1 aliphatic rings. The number of amides is 1. The monoisotopic (exact) mass is 265 g/mol. The van der Waals surface area contributed by atoms with Gasteiger partial charge >= 0.3 is 0 Å². The van der Waals surface area contributed by atoms with Crippen LogP contribution in [0, 0.1) is 0 Å². The maximum Gasteiger partial charge on any atom is 0.251 e. The molecule has 18 heavy (non-hydrogen) atoms. The molecule has 0 saturated carbocycles. The number of carbonyl (C=O) groups is 1. The van der Waals surface area contributed by atoms with Crippen LogP contribution in [-0.4, -0.2) is 17.8 Å². The molecule has 0 spiro atoms. The smallest absolute Gasteiger partial charge is 0.251 e. The Morgan fingerprint density at radius 2 is 2.17 bits per heavy atom. The standard InChI is InChI=1S/C15H20ClNO/c1-11(4-3-9-16)17-15(18)14-8-7-12-5-2-6-13(12)10-14/h7-8,10-11H,2-6,9H2,1H3,(H,17,18). The molecule has 1 aromatic rings. The average molecular weight is 266 g/mol.